The minimum Gasteiger partial charge on any atom is -0.295 e. The molecule has 0 bridgehead atoms. The average Bonchev–Trinajstić information content (AvgIpc) is 2.66. The number of hydrogen-bond acceptors (Lipinski definition) is 1. The van der Waals surface area contributed by atoms with Crippen molar-refractivity contribution in [2.24, 2.45) is 5.92 Å². The van der Waals surface area contributed by atoms with Crippen LogP contribution in [0.3, 0.4) is 0 Å². The number of aryl methyl sites for hydroxylation is 1. The van der Waals surface area contributed by atoms with Gasteiger partial charge in [-0.2, -0.15) is 0 Å². The van der Waals surface area contributed by atoms with Crippen LogP contribution in [0.1, 0.15) is 44.7 Å². The Hall–Kier alpha value is -1.77. The zero-order chi connectivity index (χ0) is 14.9. The van der Waals surface area contributed by atoms with E-state index >= 15 is 0 Å². The second-order valence-electron chi connectivity index (χ2n) is 6.18. The van der Waals surface area contributed by atoms with Crippen molar-refractivity contribution in [3.63, 3.8) is 0 Å². The lowest BCUT2D eigenvalue weighted by molar-refractivity contribution is 0.473. The Morgan fingerprint density at radius 3 is 2.35 bits per heavy atom. The molecule has 20 heavy (non-hydrogen) atoms. The maximum Gasteiger partial charge on any atom is 0.270 e. The molecule has 0 unspecified atom stereocenters. The van der Waals surface area contributed by atoms with Crippen molar-refractivity contribution in [1.29, 1.82) is 0 Å². The average molecular weight is 272 g/mol. The highest BCUT2D eigenvalue weighted by Crippen LogP contribution is 2.27. The molecule has 1 N–H and O–H groups in total. The molecule has 0 aliphatic rings. The SMILES string of the molecule is Cc1ccccc1-c1[nH]n(CC(C)C)c(=O)c1C(C)C. The van der Waals surface area contributed by atoms with Crippen LogP contribution in [0.2, 0.25) is 0 Å². The van der Waals surface area contributed by atoms with Crippen molar-refractivity contribution in [2.45, 2.75) is 47.1 Å². The number of benzene rings is 1. The van der Waals surface area contributed by atoms with Crippen molar-refractivity contribution in [1.82, 2.24) is 9.78 Å². The summed E-state index contributed by atoms with van der Waals surface area (Å²) in [5.74, 6) is 0.651. The highest BCUT2D eigenvalue weighted by molar-refractivity contribution is 5.66. The lowest BCUT2D eigenvalue weighted by Crippen LogP contribution is -2.22. The van der Waals surface area contributed by atoms with Gasteiger partial charge in [0.25, 0.3) is 5.56 Å². The van der Waals surface area contributed by atoms with Gasteiger partial charge in [-0.3, -0.25) is 14.6 Å². The Labute approximate surface area is 120 Å². The van der Waals surface area contributed by atoms with E-state index in [1.165, 1.54) is 5.56 Å². The fourth-order valence-corrected chi connectivity index (χ4v) is 2.59. The first kappa shape index (κ1) is 14.6. The van der Waals surface area contributed by atoms with Crippen LogP contribution in [-0.4, -0.2) is 9.78 Å². The zero-order valence-electron chi connectivity index (χ0n) is 13.0. The van der Waals surface area contributed by atoms with E-state index in [1.54, 1.807) is 4.68 Å². The summed E-state index contributed by atoms with van der Waals surface area (Å²) in [5.41, 5.74) is 4.29. The van der Waals surface area contributed by atoms with Gasteiger partial charge >= 0.3 is 0 Å². The molecule has 0 aliphatic heterocycles. The highest BCUT2D eigenvalue weighted by atomic mass is 16.1. The molecule has 1 aromatic carbocycles. The molecule has 0 amide bonds. The topological polar surface area (TPSA) is 37.8 Å². The van der Waals surface area contributed by atoms with E-state index in [1.807, 2.05) is 12.1 Å². The van der Waals surface area contributed by atoms with E-state index < -0.39 is 0 Å². The van der Waals surface area contributed by atoms with Gasteiger partial charge in [0, 0.05) is 17.7 Å². The maximum absolute atomic E-state index is 12.6. The molecule has 0 fully saturated rings. The largest absolute Gasteiger partial charge is 0.295 e. The summed E-state index contributed by atoms with van der Waals surface area (Å²) in [4.78, 5) is 12.6. The molecule has 0 atom stereocenters. The lowest BCUT2D eigenvalue weighted by atomic mass is 9.97. The molecule has 0 saturated carbocycles. The normalized spacial score (nSPS) is 11.6. The molecule has 1 heterocycles. The van der Waals surface area contributed by atoms with Crippen molar-refractivity contribution >= 4 is 0 Å². The van der Waals surface area contributed by atoms with Crippen LogP contribution in [0, 0.1) is 12.8 Å². The fourth-order valence-electron chi connectivity index (χ4n) is 2.59. The number of aromatic amines is 1. The summed E-state index contributed by atoms with van der Waals surface area (Å²) in [6.45, 7) is 11.2. The van der Waals surface area contributed by atoms with Crippen LogP contribution >= 0.6 is 0 Å². The van der Waals surface area contributed by atoms with E-state index in [0.29, 0.717) is 5.92 Å². The van der Waals surface area contributed by atoms with Gasteiger partial charge in [-0.05, 0) is 24.3 Å². The van der Waals surface area contributed by atoms with Crippen LogP contribution < -0.4 is 5.56 Å². The number of hydrogen-bond donors (Lipinski definition) is 1. The monoisotopic (exact) mass is 272 g/mol. The Morgan fingerprint density at radius 1 is 1.15 bits per heavy atom. The maximum atomic E-state index is 12.6. The summed E-state index contributed by atoms with van der Waals surface area (Å²) in [6, 6.07) is 8.20. The Balaban J connectivity index is 2.64. The van der Waals surface area contributed by atoms with E-state index in [2.05, 4.69) is 51.9 Å². The predicted octanol–water partition coefficient (Wildman–Crippen LogP) is 3.93. The Morgan fingerprint density at radius 2 is 1.80 bits per heavy atom. The van der Waals surface area contributed by atoms with Gasteiger partial charge in [0.2, 0.25) is 0 Å². The van der Waals surface area contributed by atoms with Crippen molar-refractivity contribution in [2.75, 3.05) is 0 Å². The van der Waals surface area contributed by atoms with Crippen molar-refractivity contribution in [3.05, 3.63) is 45.7 Å². The molecule has 0 aliphatic carbocycles. The smallest absolute Gasteiger partial charge is 0.270 e. The summed E-state index contributed by atoms with van der Waals surface area (Å²) in [6.07, 6.45) is 0. The number of rotatable bonds is 4. The summed E-state index contributed by atoms with van der Waals surface area (Å²) < 4.78 is 1.75. The van der Waals surface area contributed by atoms with Crippen LogP contribution in [0.25, 0.3) is 11.3 Å². The summed E-state index contributed by atoms with van der Waals surface area (Å²) in [5, 5.41) is 3.32. The number of nitrogens with one attached hydrogen (secondary N) is 1. The first-order valence-electron chi connectivity index (χ1n) is 7.30. The molecule has 108 valence electrons. The molecule has 3 heteroatoms. The first-order chi connectivity index (χ1) is 9.41. The standard InChI is InChI=1S/C17H24N2O/c1-11(2)10-19-17(20)15(12(3)4)16(18-19)14-9-7-6-8-13(14)5/h6-9,11-12,18H,10H2,1-5H3. The number of aromatic nitrogens is 2. The van der Waals surface area contributed by atoms with Gasteiger partial charge in [0.05, 0.1) is 5.69 Å². The van der Waals surface area contributed by atoms with Crippen LogP contribution in [0.5, 0.6) is 0 Å². The zero-order valence-corrected chi connectivity index (χ0v) is 13.0. The van der Waals surface area contributed by atoms with Gasteiger partial charge in [-0.15, -0.1) is 0 Å². The highest BCUT2D eigenvalue weighted by Gasteiger charge is 2.19. The molecule has 0 radical (unpaired) electrons. The van der Waals surface area contributed by atoms with Gasteiger partial charge in [-0.25, -0.2) is 0 Å². The van der Waals surface area contributed by atoms with E-state index in [9.17, 15) is 4.79 Å². The predicted molar refractivity (Wildman–Crippen MR) is 84.2 cm³/mol. The number of nitrogens with zero attached hydrogens (tertiary/aromatic N) is 1. The van der Waals surface area contributed by atoms with Gasteiger partial charge < -0.3 is 0 Å². The van der Waals surface area contributed by atoms with E-state index in [0.717, 1.165) is 23.4 Å². The quantitative estimate of drug-likeness (QED) is 0.899. The molecule has 3 nitrogen and oxygen atoms in total. The minimum absolute atomic E-state index is 0.118. The second kappa shape index (κ2) is 5.70. The fraction of sp³-hybridized carbons (Fsp3) is 0.471. The number of H-pyrrole nitrogens is 1. The van der Waals surface area contributed by atoms with Crippen molar-refractivity contribution in [3.8, 4) is 11.3 Å². The van der Waals surface area contributed by atoms with Crippen molar-refractivity contribution < 1.29 is 0 Å². The van der Waals surface area contributed by atoms with E-state index in [4.69, 9.17) is 0 Å². The second-order valence-corrected chi connectivity index (χ2v) is 6.18. The van der Waals surface area contributed by atoms with Crippen LogP contribution in [0.15, 0.2) is 29.1 Å². The molecular weight excluding hydrogens is 248 g/mol. The third kappa shape index (κ3) is 2.72. The van der Waals surface area contributed by atoms with E-state index in [-0.39, 0.29) is 11.5 Å². The van der Waals surface area contributed by atoms with Gasteiger partial charge in [-0.1, -0.05) is 52.0 Å². The Bertz CT molecular complexity index is 647. The minimum atomic E-state index is 0.118. The van der Waals surface area contributed by atoms with Gasteiger partial charge in [0.15, 0.2) is 0 Å². The summed E-state index contributed by atoms with van der Waals surface area (Å²) >= 11 is 0. The lowest BCUT2D eigenvalue weighted by Gasteiger charge is -2.08. The van der Waals surface area contributed by atoms with Crippen LogP contribution in [0.4, 0.5) is 0 Å². The third-order valence-electron chi connectivity index (χ3n) is 3.53. The summed E-state index contributed by atoms with van der Waals surface area (Å²) in [7, 11) is 0. The molecule has 0 spiro atoms. The molecule has 2 rings (SSSR count). The molecule has 0 saturated heterocycles. The molecule has 2 aromatic rings. The third-order valence-corrected chi connectivity index (χ3v) is 3.53. The molecule has 1 aromatic heterocycles. The first-order valence-corrected chi connectivity index (χ1v) is 7.30. The van der Waals surface area contributed by atoms with Gasteiger partial charge in [0.1, 0.15) is 0 Å². The molecular formula is C17H24N2O. The van der Waals surface area contributed by atoms with Crippen LogP contribution in [-0.2, 0) is 6.54 Å². The Kier molecular flexibility index (Phi) is 4.17.